The maximum absolute atomic E-state index is 11.0. The summed E-state index contributed by atoms with van der Waals surface area (Å²) in [5.74, 6) is 1.00. The van der Waals surface area contributed by atoms with E-state index in [0.717, 1.165) is 12.8 Å². The highest BCUT2D eigenvalue weighted by atomic mass is 16.1. The maximum atomic E-state index is 11.0. The summed E-state index contributed by atoms with van der Waals surface area (Å²) in [4.78, 5) is 11.0. The monoisotopic (exact) mass is 124 g/mol. The first kappa shape index (κ1) is 5.45. The van der Waals surface area contributed by atoms with Gasteiger partial charge in [-0.3, -0.25) is 4.79 Å². The molecule has 2 saturated carbocycles. The number of carbonyl (C=O) groups is 1. The standard InChI is InChI=1S/C8H12O/c1-8-4-2-6(8)7(9)3-5-8/h6H,2-5H2,1H3/t6-,8+/m0/s1. The van der Waals surface area contributed by atoms with Crippen molar-refractivity contribution in [2.75, 3.05) is 0 Å². The number of rotatable bonds is 0. The Morgan fingerprint density at radius 2 is 2.33 bits per heavy atom. The predicted molar refractivity (Wildman–Crippen MR) is 35.1 cm³/mol. The zero-order valence-corrected chi connectivity index (χ0v) is 5.81. The highest BCUT2D eigenvalue weighted by Gasteiger charge is 2.50. The lowest BCUT2D eigenvalue weighted by Crippen LogP contribution is -2.35. The lowest BCUT2D eigenvalue weighted by atomic mass is 9.63. The van der Waals surface area contributed by atoms with Crippen molar-refractivity contribution < 1.29 is 4.79 Å². The van der Waals surface area contributed by atoms with Crippen LogP contribution in [0.25, 0.3) is 0 Å². The first-order valence-corrected chi connectivity index (χ1v) is 3.75. The van der Waals surface area contributed by atoms with E-state index in [0.29, 0.717) is 17.1 Å². The van der Waals surface area contributed by atoms with Gasteiger partial charge in [-0.05, 0) is 24.7 Å². The van der Waals surface area contributed by atoms with E-state index in [-0.39, 0.29) is 0 Å². The molecule has 2 rings (SSSR count). The second-order valence-electron chi connectivity index (χ2n) is 3.71. The van der Waals surface area contributed by atoms with Crippen molar-refractivity contribution in [3.63, 3.8) is 0 Å². The van der Waals surface area contributed by atoms with E-state index in [2.05, 4.69) is 6.92 Å². The van der Waals surface area contributed by atoms with Crippen LogP contribution in [-0.2, 0) is 4.79 Å². The van der Waals surface area contributed by atoms with Crippen molar-refractivity contribution in [3.8, 4) is 0 Å². The SMILES string of the molecule is C[C@@]12CCC(=O)[C@@H]1CC2. The fourth-order valence-corrected chi connectivity index (χ4v) is 2.21. The molecule has 2 atom stereocenters. The predicted octanol–water partition coefficient (Wildman–Crippen LogP) is 1.77. The molecule has 0 spiro atoms. The summed E-state index contributed by atoms with van der Waals surface area (Å²) in [6, 6.07) is 0. The molecule has 0 heterocycles. The van der Waals surface area contributed by atoms with Crippen LogP contribution < -0.4 is 0 Å². The van der Waals surface area contributed by atoms with Gasteiger partial charge in [0.1, 0.15) is 5.78 Å². The second-order valence-corrected chi connectivity index (χ2v) is 3.71. The van der Waals surface area contributed by atoms with Crippen LogP contribution in [0.15, 0.2) is 0 Å². The van der Waals surface area contributed by atoms with Gasteiger partial charge in [0.25, 0.3) is 0 Å². The normalized spacial score (nSPS) is 48.6. The fourth-order valence-electron chi connectivity index (χ4n) is 2.21. The van der Waals surface area contributed by atoms with Gasteiger partial charge in [-0.15, -0.1) is 0 Å². The molecule has 0 saturated heterocycles. The Balaban J connectivity index is 2.24. The van der Waals surface area contributed by atoms with Crippen LogP contribution in [0.2, 0.25) is 0 Å². The van der Waals surface area contributed by atoms with Crippen molar-refractivity contribution in [1.82, 2.24) is 0 Å². The smallest absolute Gasteiger partial charge is 0.136 e. The van der Waals surface area contributed by atoms with E-state index in [9.17, 15) is 4.79 Å². The van der Waals surface area contributed by atoms with Gasteiger partial charge in [0.15, 0.2) is 0 Å². The molecule has 0 aliphatic heterocycles. The molecular weight excluding hydrogens is 112 g/mol. The summed E-state index contributed by atoms with van der Waals surface area (Å²) in [6.07, 6.45) is 4.50. The zero-order chi connectivity index (χ0) is 6.48. The van der Waals surface area contributed by atoms with E-state index in [1.54, 1.807) is 0 Å². The molecule has 0 aromatic rings. The van der Waals surface area contributed by atoms with Crippen LogP contribution in [0.5, 0.6) is 0 Å². The molecule has 1 nitrogen and oxygen atoms in total. The molecule has 50 valence electrons. The van der Waals surface area contributed by atoms with E-state index in [4.69, 9.17) is 0 Å². The van der Waals surface area contributed by atoms with Crippen molar-refractivity contribution in [2.45, 2.75) is 32.6 Å². The zero-order valence-electron chi connectivity index (χ0n) is 5.81. The van der Waals surface area contributed by atoms with Gasteiger partial charge < -0.3 is 0 Å². The van der Waals surface area contributed by atoms with Crippen molar-refractivity contribution in [1.29, 1.82) is 0 Å². The third-order valence-corrected chi connectivity index (χ3v) is 3.18. The van der Waals surface area contributed by atoms with E-state index >= 15 is 0 Å². The minimum absolute atomic E-state index is 0.455. The number of ketones is 1. The van der Waals surface area contributed by atoms with Gasteiger partial charge in [0.2, 0.25) is 0 Å². The molecule has 2 aliphatic carbocycles. The third-order valence-electron chi connectivity index (χ3n) is 3.18. The molecule has 0 unspecified atom stereocenters. The third kappa shape index (κ3) is 0.525. The summed E-state index contributed by atoms with van der Waals surface area (Å²) < 4.78 is 0. The quantitative estimate of drug-likeness (QED) is 0.481. The first-order chi connectivity index (χ1) is 4.22. The molecule has 0 aromatic heterocycles. The first-order valence-electron chi connectivity index (χ1n) is 3.75. The highest BCUT2D eigenvalue weighted by molar-refractivity contribution is 5.85. The molecule has 0 radical (unpaired) electrons. The summed E-state index contributed by atoms with van der Waals surface area (Å²) >= 11 is 0. The Labute approximate surface area is 55.4 Å². The van der Waals surface area contributed by atoms with Crippen LogP contribution in [-0.4, -0.2) is 5.78 Å². The Morgan fingerprint density at radius 3 is 2.56 bits per heavy atom. The minimum Gasteiger partial charge on any atom is -0.299 e. The molecule has 0 N–H and O–H groups in total. The average molecular weight is 124 g/mol. The summed E-state index contributed by atoms with van der Waals surface area (Å²) in [7, 11) is 0. The van der Waals surface area contributed by atoms with Crippen LogP contribution in [0.4, 0.5) is 0 Å². The van der Waals surface area contributed by atoms with Gasteiger partial charge in [-0.1, -0.05) is 6.92 Å². The Bertz CT molecular complexity index is 162. The molecule has 9 heavy (non-hydrogen) atoms. The van der Waals surface area contributed by atoms with E-state index in [1.807, 2.05) is 0 Å². The van der Waals surface area contributed by atoms with Crippen molar-refractivity contribution >= 4 is 5.78 Å². The fraction of sp³-hybridized carbons (Fsp3) is 0.875. The van der Waals surface area contributed by atoms with Crippen LogP contribution >= 0.6 is 0 Å². The molecule has 0 amide bonds. The number of carbonyl (C=O) groups excluding carboxylic acids is 1. The second kappa shape index (κ2) is 1.39. The topological polar surface area (TPSA) is 17.1 Å². The number of fused-ring (bicyclic) bond motifs is 1. The molecule has 1 heteroatoms. The van der Waals surface area contributed by atoms with Gasteiger partial charge in [0.05, 0.1) is 0 Å². The summed E-state index contributed by atoms with van der Waals surface area (Å²) in [6.45, 7) is 2.26. The largest absolute Gasteiger partial charge is 0.299 e. The Kier molecular flexibility index (Phi) is 0.842. The van der Waals surface area contributed by atoms with Gasteiger partial charge in [-0.2, -0.15) is 0 Å². The Morgan fingerprint density at radius 1 is 1.56 bits per heavy atom. The lowest BCUT2D eigenvalue weighted by Gasteiger charge is -2.40. The van der Waals surface area contributed by atoms with Crippen LogP contribution in [0.1, 0.15) is 32.6 Å². The van der Waals surface area contributed by atoms with Crippen LogP contribution in [0.3, 0.4) is 0 Å². The van der Waals surface area contributed by atoms with Gasteiger partial charge >= 0.3 is 0 Å². The molecule has 2 aliphatic rings. The molecule has 0 aromatic carbocycles. The number of Topliss-reactive ketones (excluding diaryl/α,β-unsaturated/α-hetero) is 1. The highest BCUT2D eigenvalue weighted by Crippen LogP contribution is 2.55. The van der Waals surface area contributed by atoms with Gasteiger partial charge in [0, 0.05) is 12.3 Å². The van der Waals surface area contributed by atoms with Crippen molar-refractivity contribution in [2.24, 2.45) is 11.3 Å². The maximum Gasteiger partial charge on any atom is 0.136 e. The molecule has 0 bridgehead atoms. The van der Waals surface area contributed by atoms with E-state index < -0.39 is 0 Å². The summed E-state index contributed by atoms with van der Waals surface area (Å²) in [5.41, 5.74) is 0.455. The van der Waals surface area contributed by atoms with E-state index in [1.165, 1.54) is 12.8 Å². The van der Waals surface area contributed by atoms with Crippen LogP contribution in [0, 0.1) is 11.3 Å². The number of hydrogen-bond donors (Lipinski definition) is 0. The van der Waals surface area contributed by atoms with Gasteiger partial charge in [-0.25, -0.2) is 0 Å². The number of hydrogen-bond acceptors (Lipinski definition) is 1. The average Bonchev–Trinajstić information content (AvgIpc) is 1.93. The molecular formula is C8H12O. The minimum atomic E-state index is 0.455. The lowest BCUT2D eigenvalue weighted by molar-refractivity contribution is -0.125. The Hall–Kier alpha value is -0.330. The summed E-state index contributed by atoms with van der Waals surface area (Å²) in [5, 5.41) is 0. The molecule has 2 fully saturated rings. The van der Waals surface area contributed by atoms with Crippen molar-refractivity contribution in [3.05, 3.63) is 0 Å².